The number of pyridine rings is 1. The first-order valence-electron chi connectivity index (χ1n) is 9.26. The average Bonchev–Trinajstić information content (AvgIpc) is 3.10. The zero-order valence-electron chi connectivity index (χ0n) is 15.2. The molecule has 28 heavy (non-hydrogen) atoms. The lowest BCUT2D eigenvalue weighted by atomic mass is 10.1. The molecule has 8 heteroatoms. The number of piperazine rings is 1. The number of carbonyl (C=O) groups is 2. The third kappa shape index (κ3) is 3.73. The van der Waals surface area contributed by atoms with Crippen LogP contribution < -0.4 is 9.80 Å². The Bertz CT molecular complexity index is 884. The Balaban J connectivity index is 1.38. The quantitative estimate of drug-likeness (QED) is 0.656. The predicted octanol–water partition coefficient (Wildman–Crippen LogP) is 3.20. The van der Waals surface area contributed by atoms with Gasteiger partial charge in [0.05, 0.1) is 10.7 Å². The van der Waals surface area contributed by atoms with Crippen molar-refractivity contribution in [2.45, 2.75) is 6.42 Å². The number of amides is 2. The highest BCUT2D eigenvalue weighted by Gasteiger charge is 2.40. The van der Waals surface area contributed by atoms with Crippen LogP contribution in [0.15, 0.2) is 47.1 Å². The number of halogens is 2. The lowest BCUT2D eigenvalue weighted by Gasteiger charge is -2.36. The van der Waals surface area contributed by atoms with E-state index in [-0.39, 0.29) is 11.8 Å². The van der Waals surface area contributed by atoms with Crippen LogP contribution in [0.4, 0.5) is 11.5 Å². The van der Waals surface area contributed by atoms with E-state index in [0.29, 0.717) is 44.2 Å². The minimum atomic E-state index is -0.590. The van der Waals surface area contributed by atoms with Crippen LogP contribution in [0, 0.1) is 5.92 Å². The number of nitrogens with zero attached hydrogens (tertiary/aromatic N) is 4. The number of hydrogen-bond acceptors (Lipinski definition) is 4. The second kappa shape index (κ2) is 8.09. The summed E-state index contributed by atoms with van der Waals surface area (Å²) in [6.45, 7) is 3.11. The number of rotatable bonds is 3. The molecule has 3 heterocycles. The van der Waals surface area contributed by atoms with Crippen molar-refractivity contribution in [2.75, 3.05) is 42.5 Å². The molecule has 2 amide bonds. The third-order valence-electron chi connectivity index (χ3n) is 5.27. The first-order chi connectivity index (χ1) is 13.5. The van der Waals surface area contributed by atoms with Gasteiger partial charge in [-0.1, -0.05) is 23.7 Å². The second-order valence-electron chi connectivity index (χ2n) is 6.93. The molecule has 0 radical (unpaired) electrons. The van der Waals surface area contributed by atoms with Gasteiger partial charge in [-0.25, -0.2) is 4.98 Å². The predicted molar refractivity (Wildman–Crippen MR) is 113 cm³/mol. The molecule has 0 bridgehead atoms. The van der Waals surface area contributed by atoms with Crippen LogP contribution in [-0.4, -0.2) is 54.4 Å². The Kier molecular flexibility index (Phi) is 5.55. The normalized spacial score (nSPS) is 20.0. The maximum atomic E-state index is 13.0. The van der Waals surface area contributed by atoms with Crippen LogP contribution in [0.1, 0.15) is 6.42 Å². The molecule has 0 aliphatic carbocycles. The van der Waals surface area contributed by atoms with Gasteiger partial charge in [0.25, 0.3) is 0 Å². The van der Waals surface area contributed by atoms with E-state index in [9.17, 15) is 9.59 Å². The van der Waals surface area contributed by atoms with Crippen molar-refractivity contribution in [3.63, 3.8) is 0 Å². The van der Waals surface area contributed by atoms with Crippen LogP contribution in [0.2, 0.25) is 5.02 Å². The van der Waals surface area contributed by atoms with Gasteiger partial charge in [-0.3, -0.25) is 9.59 Å². The lowest BCUT2D eigenvalue weighted by molar-refractivity contribution is -0.140. The Morgan fingerprint density at radius 3 is 2.50 bits per heavy atom. The number of para-hydroxylation sites is 1. The monoisotopic (exact) mass is 462 g/mol. The molecule has 1 aromatic carbocycles. The van der Waals surface area contributed by atoms with E-state index in [4.69, 9.17) is 11.6 Å². The van der Waals surface area contributed by atoms with E-state index in [0.717, 1.165) is 16.0 Å². The number of anilines is 2. The zero-order valence-corrected chi connectivity index (χ0v) is 17.6. The fourth-order valence-corrected chi connectivity index (χ4v) is 4.36. The molecular formula is C20H20BrClN4O2. The van der Waals surface area contributed by atoms with Crippen molar-refractivity contribution in [1.82, 2.24) is 9.88 Å². The molecule has 146 valence electrons. The number of aromatic nitrogens is 1. The van der Waals surface area contributed by atoms with Crippen molar-refractivity contribution in [1.29, 1.82) is 0 Å². The first-order valence-corrected chi connectivity index (χ1v) is 10.4. The minimum Gasteiger partial charge on any atom is -0.353 e. The lowest BCUT2D eigenvalue weighted by Crippen LogP contribution is -2.51. The van der Waals surface area contributed by atoms with Gasteiger partial charge < -0.3 is 14.7 Å². The average molecular weight is 464 g/mol. The van der Waals surface area contributed by atoms with E-state index in [2.05, 4.69) is 25.8 Å². The largest absolute Gasteiger partial charge is 0.353 e. The van der Waals surface area contributed by atoms with E-state index in [1.807, 2.05) is 36.4 Å². The fourth-order valence-electron chi connectivity index (χ4n) is 3.75. The summed E-state index contributed by atoms with van der Waals surface area (Å²) in [5, 5.41) is 0.604. The van der Waals surface area contributed by atoms with Crippen LogP contribution in [0.5, 0.6) is 0 Å². The van der Waals surface area contributed by atoms with Gasteiger partial charge >= 0.3 is 0 Å². The standard InChI is InChI=1S/C20H20BrClN4O2/c21-16-3-1-2-4-17(16)26-8-7-15(20(26)28)19(27)25-11-9-24(10-12-25)18-6-5-14(22)13-23-18/h1-6,13,15H,7-12H2. The van der Waals surface area contributed by atoms with Gasteiger partial charge in [-0.2, -0.15) is 0 Å². The van der Waals surface area contributed by atoms with Crippen LogP contribution in [0.3, 0.4) is 0 Å². The Labute approximate surface area is 177 Å². The van der Waals surface area contributed by atoms with E-state index < -0.39 is 5.92 Å². The fraction of sp³-hybridized carbons (Fsp3) is 0.350. The maximum Gasteiger partial charge on any atom is 0.239 e. The SMILES string of the molecule is O=C(C1CCN(c2ccccc2Br)C1=O)N1CCN(c2ccc(Cl)cn2)CC1. The molecule has 0 N–H and O–H groups in total. The summed E-state index contributed by atoms with van der Waals surface area (Å²) in [5.41, 5.74) is 0.821. The molecule has 2 fully saturated rings. The molecule has 2 aromatic rings. The molecule has 4 rings (SSSR count). The van der Waals surface area contributed by atoms with Crippen molar-refractivity contribution in [3.8, 4) is 0 Å². The molecule has 1 aromatic heterocycles. The van der Waals surface area contributed by atoms with E-state index in [1.165, 1.54) is 0 Å². The summed E-state index contributed by atoms with van der Waals surface area (Å²) < 4.78 is 0.862. The summed E-state index contributed by atoms with van der Waals surface area (Å²) in [7, 11) is 0. The summed E-state index contributed by atoms with van der Waals surface area (Å²) in [4.78, 5) is 35.8. The smallest absolute Gasteiger partial charge is 0.239 e. The van der Waals surface area contributed by atoms with E-state index in [1.54, 1.807) is 16.0 Å². The third-order valence-corrected chi connectivity index (χ3v) is 6.17. The van der Waals surface area contributed by atoms with Gasteiger partial charge in [-0.15, -0.1) is 0 Å². The summed E-state index contributed by atoms with van der Waals surface area (Å²) in [6, 6.07) is 11.3. The van der Waals surface area contributed by atoms with Gasteiger partial charge in [0.1, 0.15) is 11.7 Å². The maximum absolute atomic E-state index is 13.0. The Morgan fingerprint density at radius 2 is 1.82 bits per heavy atom. The Morgan fingerprint density at radius 1 is 1.07 bits per heavy atom. The Hall–Kier alpha value is -2.12. The highest BCUT2D eigenvalue weighted by molar-refractivity contribution is 9.10. The van der Waals surface area contributed by atoms with Crippen molar-refractivity contribution in [2.24, 2.45) is 5.92 Å². The summed E-state index contributed by atoms with van der Waals surface area (Å²) in [6.07, 6.45) is 2.18. The number of hydrogen-bond donors (Lipinski definition) is 0. The van der Waals surface area contributed by atoms with Crippen molar-refractivity contribution < 1.29 is 9.59 Å². The van der Waals surface area contributed by atoms with E-state index >= 15 is 0 Å². The molecule has 0 spiro atoms. The second-order valence-corrected chi connectivity index (χ2v) is 8.22. The van der Waals surface area contributed by atoms with Crippen molar-refractivity contribution in [3.05, 3.63) is 52.1 Å². The number of carbonyl (C=O) groups excluding carboxylic acids is 2. The van der Waals surface area contributed by atoms with Gasteiger partial charge in [0.2, 0.25) is 11.8 Å². The molecule has 2 saturated heterocycles. The summed E-state index contributed by atoms with van der Waals surface area (Å²) in [5.74, 6) is 0.0859. The minimum absolute atomic E-state index is 0.0664. The highest BCUT2D eigenvalue weighted by atomic mass is 79.9. The molecule has 2 aliphatic rings. The molecule has 1 atom stereocenters. The van der Waals surface area contributed by atoms with Gasteiger partial charge in [0, 0.05) is 43.4 Å². The van der Waals surface area contributed by atoms with Gasteiger partial charge in [0.15, 0.2) is 0 Å². The van der Waals surface area contributed by atoms with Crippen LogP contribution >= 0.6 is 27.5 Å². The van der Waals surface area contributed by atoms with Crippen LogP contribution in [-0.2, 0) is 9.59 Å². The first kappa shape index (κ1) is 19.2. The molecular weight excluding hydrogens is 444 g/mol. The van der Waals surface area contributed by atoms with Gasteiger partial charge in [-0.05, 0) is 46.6 Å². The molecule has 6 nitrogen and oxygen atoms in total. The van der Waals surface area contributed by atoms with Crippen LogP contribution in [0.25, 0.3) is 0 Å². The molecule has 2 aliphatic heterocycles. The topological polar surface area (TPSA) is 56.8 Å². The zero-order chi connectivity index (χ0) is 19.7. The highest BCUT2D eigenvalue weighted by Crippen LogP contribution is 2.32. The molecule has 1 unspecified atom stereocenters. The molecule has 0 saturated carbocycles. The van der Waals surface area contributed by atoms with Crippen molar-refractivity contribution >= 4 is 50.9 Å². The number of benzene rings is 1. The summed E-state index contributed by atoms with van der Waals surface area (Å²) >= 11 is 9.39.